The minimum atomic E-state index is -2.49. The largest absolute Gasteiger partial charge is 0.407 e. The summed E-state index contributed by atoms with van der Waals surface area (Å²) in [6.45, 7) is 15.0. The highest BCUT2D eigenvalue weighted by Gasteiger charge is 2.50. The van der Waals surface area contributed by atoms with Crippen LogP contribution >= 0.6 is 0 Å². The molecule has 0 aliphatic carbocycles. The van der Waals surface area contributed by atoms with E-state index >= 15 is 0 Å². The maximum absolute atomic E-state index is 7.20. The molecule has 0 saturated heterocycles. The van der Waals surface area contributed by atoms with Crippen LogP contribution in [0.1, 0.15) is 34.1 Å². The molecule has 3 aromatic rings. The van der Waals surface area contributed by atoms with Crippen LogP contribution in [0.3, 0.4) is 0 Å². The molecule has 0 aromatic heterocycles. The van der Waals surface area contributed by atoms with Gasteiger partial charge in [0.25, 0.3) is 8.32 Å². The molecule has 3 rings (SSSR count). The summed E-state index contributed by atoms with van der Waals surface area (Å²) < 4.78 is 7.20. The van der Waals surface area contributed by atoms with Gasteiger partial charge in [-0.15, -0.1) is 0 Å². The van der Waals surface area contributed by atoms with E-state index in [9.17, 15) is 0 Å². The van der Waals surface area contributed by atoms with Crippen LogP contribution in [-0.4, -0.2) is 23.0 Å². The zero-order chi connectivity index (χ0) is 24.0. The van der Waals surface area contributed by atoms with Gasteiger partial charge in [0, 0.05) is 6.61 Å². The van der Waals surface area contributed by atoms with Crippen molar-refractivity contribution >= 4 is 32.0 Å². The fraction of sp³-hybridized carbons (Fsp3) is 0.333. The van der Waals surface area contributed by atoms with Gasteiger partial charge in [-0.2, -0.15) is 0 Å². The predicted octanol–water partition coefficient (Wildman–Crippen LogP) is 6.52. The van der Waals surface area contributed by atoms with Crippen LogP contribution in [0.2, 0.25) is 23.7 Å². The third-order valence-electron chi connectivity index (χ3n) is 7.03. The third kappa shape index (κ3) is 5.48. The molecule has 3 heteroatoms. The summed E-state index contributed by atoms with van der Waals surface area (Å²) in [6.07, 6.45) is 5.70. The topological polar surface area (TPSA) is 9.23 Å². The highest BCUT2D eigenvalue weighted by Crippen LogP contribution is 2.37. The molecule has 0 saturated carbocycles. The van der Waals surface area contributed by atoms with Gasteiger partial charge in [-0.3, -0.25) is 0 Å². The molecule has 1 atom stereocenters. The second kappa shape index (κ2) is 10.8. The number of hydrogen-bond donors (Lipinski definition) is 0. The number of benzene rings is 3. The molecule has 33 heavy (non-hydrogen) atoms. The van der Waals surface area contributed by atoms with Gasteiger partial charge >= 0.3 is 0 Å². The summed E-state index contributed by atoms with van der Waals surface area (Å²) in [5.74, 6) is 0. The maximum Gasteiger partial charge on any atom is 0.261 e. The van der Waals surface area contributed by atoms with E-state index in [4.69, 9.17) is 4.43 Å². The van der Waals surface area contributed by atoms with E-state index in [1.165, 1.54) is 15.6 Å². The standard InChI is InChI=1S/C30H40OSi2/c1-7-17-26(32(5,6)27-18-11-8-12-19-27)24-25-31-33(30(2,3)4,28-20-13-9-14-21-28)29-22-15-10-16-23-29/h7-23,26H,24-25H2,1-6H3/b17-7+/t26-/m1/s1. The van der Waals surface area contributed by atoms with Crippen molar-refractivity contribution in [3.8, 4) is 0 Å². The Balaban J connectivity index is 1.96. The van der Waals surface area contributed by atoms with E-state index in [0.29, 0.717) is 5.54 Å². The monoisotopic (exact) mass is 472 g/mol. The molecule has 0 fully saturated rings. The van der Waals surface area contributed by atoms with Crippen LogP contribution in [-0.2, 0) is 4.43 Å². The van der Waals surface area contributed by atoms with Crippen LogP contribution in [0, 0.1) is 0 Å². The summed E-state index contributed by atoms with van der Waals surface area (Å²) in [7, 11) is -4.17. The highest BCUT2D eigenvalue weighted by atomic mass is 28.4. The Morgan fingerprint density at radius 1 is 0.727 bits per heavy atom. The van der Waals surface area contributed by atoms with Gasteiger partial charge in [0.2, 0.25) is 0 Å². The highest BCUT2D eigenvalue weighted by molar-refractivity contribution is 6.99. The quantitative estimate of drug-likeness (QED) is 0.255. The van der Waals surface area contributed by atoms with Gasteiger partial charge in [0.05, 0.1) is 8.07 Å². The van der Waals surface area contributed by atoms with Crippen molar-refractivity contribution in [3.05, 3.63) is 103 Å². The van der Waals surface area contributed by atoms with Crippen molar-refractivity contribution in [2.24, 2.45) is 0 Å². The van der Waals surface area contributed by atoms with Crippen molar-refractivity contribution in [1.82, 2.24) is 0 Å². The number of rotatable bonds is 9. The molecule has 0 aliphatic heterocycles. The Labute approximate surface area is 203 Å². The van der Waals surface area contributed by atoms with Crippen molar-refractivity contribution in [3.63, 3.8) is 0 Å². The van der Waals surface area contributed by atoms with E-state index in [1.54, 1.807) is 0 Å². The Kier molecular flexibility index (Phi) is 8.33. The summed E-state index contributed by atoms with van der Waals surface area (Å²) in [4.78, 5) is 0. The van der Waals surface area contributed by atoms with Crippen LogP contribution in [0.5, 0.6) is 0 Å². The molecule has 174 valence electrons. The minimum absolute atomic E-state index is 0.0121. The molecular weight excluding hydrogens is 433 g/mol. The molecule has 0 bridgehead atoms. The molecular formula is C30H40OSi2. The first kappa shape index (κ1) is 25.4. The van der Waals surface area contributed by atoms with E-state index in [1.807, 2.05) is 0 Å². The second-order valence-corrected chi connectivity index (χ2v) is 19.6. The molecule has 0 N–H and O–H groups in total. The predicted molar refractivity (Wildman–Crippen MR) is 150 cm³/mol. The molecule has 0 radical (unpaired) electrons. The maximum atomic E-state index is 7.20. The molecule has 0 heterocycles. The molecule has 0 spiro atoms. The summed E-state index contributed by atoms with van der Waals surface area (Å²) in [5, 5.41) is 4.23. The normalized spacial score (nSPS) is 13.9. The van der Waals surface area contributed by atoms with Gasteiger partial charge < -0.3 is 4.43 Å². The van der Waals surface area contributed by atoms with Gasteiger partial charge in [-0.1, -0.05) is 142 Å². The van der Waals surface area contributed by atoms with E-state index < -0.39 is 16.4 Å². The van der Waals surface area contributed by atoms with E-state index in [-0.39, 0.29) is 5.04 Å². The van der Waals surface area contributed by atoms with Crippen molar-refractivity contribution in [2.75, 3.05) is 6.61 Å². The average molecular weight is 473 g/mol. The van der Waals surface area contributed by atoms with Gasteiger partial charge in [-0.05, 0) is 34.3 Å². The Bertz CT molecular complexity index is 966. The zero-order valence-corrected chi connectivity index (χ0v) is 23.2. The lowest BCUT2D eigenvalue weighted by Gasteiger charge is -2.43. The van der Waals surface area contributed by atoms with E-state index in [2.05, 4.69) is 144 Å². The van der Waals surface area contributed by atoms with Gasteiger partial charge in [0.15, 0.2) is 0 Å². The first-order chi connectivity index (χ1) is 15.7. The Morgan fingerprint density at radius 2 is 1.15 bits per heavy atom. The van der Waals surface area contributed by atoms with Crippen molar-refractivity contribution in [1.29, 1.82) is 0 Å². The molecule has 3 aromatic carbocycles. The number of allylic oxidation sites excluding steroid dienone is 2. The van der Waals surface area contributed by atoms with Gasteiger partial charge in [0.1, 0.15) is 0 Å². The Morgan fingerprint density at radius 3 is 1.55 bits per heavy atom. The zero-order valence-electron chi connectivity index (χ0n) is 21.2. The molecule has 0 unspecified atom stereocenters. The lowest BCUT2D eigenvalue weighted by atomic mass is 10.2. The fourth-order valence-electron chi connectivity index (χ4n) is 5.11. The average Bonchev–Trinajstić information content (AvgIpc) is 2.82. The first-order valence-electron chi connectivity index (χ1n) is 12.2. The molecule has 0 aliphatic rings. The van der Waals surface area contributed by atoms with Crippen LogP contribution in [0.15, 0.2) is 103 Å². The minimum Gasteiger partial charge on any atom is -0.407 e. The lowest BCUT2D eigenvalue weighted by molar-refractivity contribution is 0.292. The Hall–Kier alpha value is -2.21. The lowest BCUT2D eigenvalue weighted by Crippen LogP contribution is -2.66. The van der Waals surface area contributed by atoms with Crippen LogP contribution in [0.25, 0.3) is 0 Å². The fourth-order valence-corrected chi connectivity index (χ4v) is 12.7. The van der Waals surface area contributed by atoms with Gasteiger partial charge in [-0.25, -0.2) is 0 Å². The van der Waals surface area contributed by atoms with Crippen molar-refractivity contribution < 1.29 is 4.43 Å². The SMILES string of the molecule is C/C=C/[C@H](CCO[Si](c1ccccc1)(c1ccccc1)C(C)(C)C)[Si](C)(C)c1ccccc1. The van der Waals surface area contributed by atoms with Crippen LogP contribution < -0.4 is 15.6 Å². The summed E-state index contributed by atoms with van der Waals surface area (Å²) >= 11 is 0. The van der Waals surface area contributed by atoms with E-state index in [0.717, 1.165) is 13.0 Å². The molecule has 0 amide bonds. The number of hydrogen-bond acceptors (Lipinski definition) is 1. The second-order valence-electron chi connectivity index (χ2n) is 10.5. The molecule has 1 nitrogen and oxygen atoms in total. The summed E-state index contributed by atoms with van der Waals surface area (Å²) in [6, 6.07) is 33.0. The van der Waals surface area contributed by atoms with Crippen LogP contribution in [0.4, 0.5) is 0 Å². The van der Waals surface area contributed by atoms with Crippen molar-refractivity contribution in [2.45, 2.75) is 57.8 Å². The summed E-state index contributed by atoms with van der Waals surface area (Å²) in [5.41, 5.74) is 0.531. The first-order valence-corrected chi connectivity index (χ1v) is 17.2. The third-order valence-corrected chi connectivity index (χ3v) is 16.2. The smallest absolute Gasteiger partial charge is 0.261 e.